The standard InChI is InChI=1S/C18H20Cl2N2O3S/c1-4-6-15(11(3)13(19)5-2)22-26(24,25)17-10-16-12(9-14(17)20)7-8-18(23)21-16/h4-5,9-10,22H,1,6-8H2,2-3H3,(H,21,23)/b13-5+,15-11+. The van der Waals surface area contributed by atoms with Crippen molar-refractivity contribution in [2.24, 2.45) is 0 Å². The second kappa shape index (κ2) is 8.29. The third-order valence-corrected chi connectivity index (χ3v) is 6.37. The van der Waals surface area contributed by atoms with Crippen LogP contribution in [0, 0.1) is 0 Å². The first-order valence-corrected chi connectivity index (χ1v) is 10.2. The molecule has 1 aromatic carbocycles. The monoisotopic (exact) mass is 414 g/mol. The van der Waals surface area contributed by atoms with E-state index in [-0.39, 0.29) is 22.2 Å². The Hall–Kier alpha value is -1.76. The molecule has 8 heteroatoms. The van der Waals surface area contributed by atoms with Gasteiger partial charge in [0.15, 0.2) is 0 Å². The first-order valence-electron chi connectivity index (χ1n) is 7.97. The molecule has 0 saturated heterocycles. The molecule has 26 heavy (non-hydrogen) atoms. The van der Waals surface area contributed by atoms with Crippen LogP contribution in [0.15, 0.2) is 52.1 Å². The van der Waals surface area contributed by atoms with E-state index >= 15 is 0 Å². The van der Waals surface area contributed by atoms with Gasteiger partial charge in [-0.15, -0.1) is 6.58 Å². The van der Waals surface area contributed by atoms with E-state index in [1.165, 1.54) is 6.07 Å². The number of hydrogen-bond donors (Lipinski definition) is 2. The van der Waals surface area contributed by atoms with Crippen molar-refractivity contribution in [3.63, 3.8) is 0 Å². The van der Waals surface area contributed by atoms with E-state index in [4.69, 9.17) is 23.2 Å². The van der Waals surface area contributed by atoms with Crippen molar-refractivity contribution >= 4 is 44.8 Å². The molecule has 1 amide bonds. The molecule has 2 N–H and O–H groups in total. The Labute approximate surface area is 163 Å². The van der Waals surface area contributed by atoms with Crippen LogP contribution in [0.5, 0.6) is 0 Å². The molecule has 0 unspecified atom stereocenters. The van der Waals surface area contributed by atoms with Crippen molar-refractivity contribution in [2.45, 2.75) is 38.0 Å². The number of hydrogen-bond acceptors (Lipinski definition) is 3. The highest BCUT2D eigenvalue weighted by atomic mass is 35.5. The highest BCUT2D eigenvalue weighted by Crippen LogP contribution is 2.32. The average Bonchev–Trinajstić information content (AvgIpc) is 2.59. The number of benzene rings is 1. The average molecular weight is 415 g/mol. The molecule has 5 nitrogen and oxygen atoms in total. The summed E-state index contributed by atoms with van der Waals surface area (Å²) in [5.74, 6) is -0.154. The second-order valence-corrected chi connectivity index (χ2v) is 8.29. The summed E-state index contributed by atoms with van der Waals surface area (Å²) in [5, 5.41) is 3.22. The van der Waals surface area contributed by atoms with E-state index in [0.717, 1.165) is 5.56 Å². The van der Waals surface area contributed by atoms with Gasteiger partial charge in [-0.2, -0.15) is 0 Å². The minimum absolute atomic E-state index is 0.0973. The van der Waals surface area contributed by atoms with Crippen LogP contribution in [0.3, 0.4) is 0 Å². The maximum Gasteiger partial charge on any atom is 0.263 e. The zero-order valence-electron chi connectivity index (χ0n) is 14.5. The van der Waals surface area contributed by atoms with Gasteiger partial charge in [0, 0.05) is 29.3 Å². The number of sulfonamides is 1. The lowest BCUT2D eigenvalue weighted by Crippen LogP contribution is -2.25. The van der Waals surface area contributed by atoms with Crippen molar-refractivity contribution in [1.82, 2.24) is 4.72 Å². The Morgan fingerprint density at radius 3 is 2.69 bits per heavy atom. The fraction of sp³-hybridized carbons (Fsp3) is 0.278. The summed E-state index contributed by atoms with van der Waals surface area (Å²) in [4.78, 5) is 11.5. The fourth-order valence-electron chi connectivity index (χ4n) is 2.58. The summed E-state index contributed by atoms with van der Waals surface area (Å²) in [6.07, 6.45) is 4.41. The zero-order chi connectivity index (χ0) is 19.5. The van der Waals surface area contributed by atoms with Crippen molar-refractivity contribution in [1.29, 1.82) is 0 Å². The SMILES string of the molecule is C=CC/C(NS(=O)(=O)c1cc2c(cc1Cl)CCC(=O)N2)=C(C)\C(Cl)=C/C. The number of anilines is 1. The van der Waals surface area contributed by atoms with Crippen LogP contribution in [0.25, 0.3) is 0 Å². The number of amides is 1. The van der Waals surface area contributed by atoms with Gasteiger partial charge in [-0.25, -0.2) is 8.42 Å². The highest BCUT2D eigenvalue weighted by molar-refractivity contribution is 7.89. The van der Waals surface area contributed by atoms with Gasteiger partial charge in [-0.05, 0) is 43.5 Å². The van der Waals surface area contributed by atoms with Crippen LogP contribution in [0.4, 0.5) is 5.69 Å². The van der Waals surface area contributed by atoms with E-state index < -0.39 is 10.0 Å². The van der Waals surface area contributed by atoms with E-state index in [0.29, 0.717) is 34.8 Å². The van der Waals surface area contributed by atoms with Gasteiger partial charge in [0.2, 0.25) is 5.91 Å². The summed E-state index contributed by atoms with van der Waals surface area (Å²) < 4.78 is 28.3. The van der Waals surface area contributed by atoms with E-state index in [2.05, 4.69) is 16.6 Å². The van der Waals surface area contributed by atoms with E-state index in [9.17, 15) is 13.2 Å². The second-order valence-electron chi connectivity index (χ2n) is 5.83. The normalized spacial score (nSPS) is 15.7. The number of carbonyl (C=O) groups excluding carboxylic acids is 1. The summed E-state index contributed by atoms with van der Waals surface area (Å²) in [6, 6.07) is 2.96. The van der Waals surface area contributed by atoms with Crippen LogP contribution in [0.2, 0.25) is 5.02 Å². The number of carbonyl (C=O) groups is 1. The molecule has 2 rings (SSSR count). The first kappa shape index (κ1) is 20.6. The van der Waals surface area contributed by atoms with Crippen LogP contribution < -0.4 is 10.0 Å². The predicted octanol–water partition coefficient (Wildman–Crippen LogP) is 4.50. The molecule has 1 aromatic rings. The van der Waals surface area contributed by atoms with Gasteiger partial charge in [-0.3, -0.25) is 9.52 Å². The minimum Gasteiger partial charge on any atom is -0.326 e. The molecule has 140 valence electrons. The molecule has 0 atom stereocenters. The number of allylic oxidation sites excluding steroid dienone is 4. The van der Waals surface area contributed by atoms with Crippen molar-refractivity contribution in [2.75, 3.05) is 5.32 Å². The Morgan fingerprint density at radius 2 is 2.08 bits per heavy atom. The summed E-state index contributed by atoms with van der Waals surface area (Å²) in [6.45, 7) is 7.13. The van der Waals surface area contributed by atoms with Crippen molar-refractivity contribution in [3.8, 4) is 0 Å². The number of halogens is 2. The summed E-state index contributed by atoms with van der Waals surface area (Å²) in [5.41, 5.74) is 2.27. The van der Waals surface area contributed by atoms with Crippen LogP contribution >= 0.6 is 23.2 Å². The van der Waals surface area contributed by atoms with Crippen LogP contribution in [0.1, 0.15) is 32.3 Å². The highest BCUT2D eigenvalue weighted by Gasteiger charge is 2.24. The Bertz CT molecular complexity index is 919. The Balaban J connectivity index is 2.48. The summed E-state index contributed by atoms with van der Waals surface area (Å²) in [7, 11) is -3.97. The topological polar surface area (TPSA) is 75.3 Å². The third-order valence-electron chi connectivity index (χ3n) is 4.01. The molecular weight excluding hydrogens is 395 g/mol. The van der Waals surface area contributed by atoms with Gasteiger partial charge in [0.05, 0.1) is 5.02 Å². The number of aryl methyl sites for hydroxylation is 1. The molecule has 0 radical (unpaired) electrons. The number of fused-ring (bicyclic) bond motifs is 1. The third kappa shape index (κ3) is 4.50. The first-order chi connectivity index (χ1) is 12.2. The molecule has 1 aliphatic rings. The smallest absolute Gasteiger partial charge is 0.263 e. The molecular formula is C18H20Cl2N2O3S. The van der Waals surface area contributed by atoms with E-state index in [1.807, 2.05) is 0 Å². The molecule has 0 aromatic heterocycles. The van der Waals surface area contributed by atoms with Gasteiger partial charge in [-0.1, -0.05) is 35.4 Å². The summed E-state index contributed by atoms with van der Waals surface area (Å²) >= 11 is 12.3. The molecule has 1 heterocycles. The molecule has 1 aliphatic heterocycles. The Kier molecular flexibility index (Phi) is 6.55. The zero-order valence-corrected chi connectivity index (χ0v) is 16.9. The van der Waals surface area contributed by atoms with Gasteiger partial charge < -0.3 is 5.32 Å². The fourth-order valence-corrected chi connectivity index (χ4v) is 4.44. The Morgan fingerprint density at radius 1 is 1.38 bits per heavy atom. The van der Waals surface area contributed by atoms with Gasteiger partial charge >= 0.3 is 0 Å². The van der Waals surface area contributed by atoms with Crippen LogP contribution in [-0.4, -0.2) is 14.3 Å². The van der Waals surface area contributed by atoms with E-state index in [1.54, 1.807) is 32.1 Å². The van der Waals surface area contributed by atoms with Crippen molar-refractivity contribution < 1.29 is 13.2 Å². The largest absolute Gasteiger partial charge is 0.326 e. The van der Waals surface area contributed by atoms with Gasteiger partial charge in [0.1, 0.15) is 4.90 Å². The molecule has 0 saturated carbocycles. The molecule has 0 aliphatic carbocycles. The number of rotatable bonds is 6. The quantitative estimate of drug-likeness (QED) is 0.531. The van der Waals surface area contributed by atoms with Gasteiger partial charge in [0.25, 0.3) is 10.0 Å². The molecule has 0 fully saturated rings. The lowest BCUT2D eigenvalue weighted by molar-refractivity contribution is -0.116. The minimum atomic E-state index is -3.97. The number of nitrogens with one attached hydrogen (secondary N) is 2. The van der Waals surface area contributed by atoms with Crippen LogP contribution in [-0.2, 0) is 21.2 Å². The molecule has 0 bridgehead atoms. The maximum atomic E-state index is 12.9. The predicted molar refractivity (Wildman–Crippen MR) is 106 cm³/mol. The lowest BCUT2D eigenvalue weighted by atomic mass is 10.0. The molecule has 0 spiro atoms. The van der Waals surface area contributed by atoms with Crippen molar-refractivity contribution in [3.05, 3.63) is 57.8 Å². The lowest BCUT2D eigenvalue weighted by Gasteiger charge is -2.20. The maximum absolute atomic E-state index is 12.9.